The lowest BCUT2D eigenvalue weighted by molar-refractivity contribution is -0.139. The molecule has 1 amide bonds. The first-order chi connectivity index (χ1) is 12.6. The fourth-order valence-corrected chi connectivity index (χ4v) is 2.50. The number of aromatic nitrogens is 4. The van der Waals surface area contributed by atoms with Gasteiger partial charge in [0.15, 0.2) is 5.82 Å². The maximum Gasteiger partial charge on any atom is 0.226 e. The minimum atomic E-state index is -0.0865. The number of tetrazole rings is 1. The predicted octanol–water partition coefficient (Wildman–Crippen LogP) is 2.04. The molecule has 2 N–H and O–H groups in total. The monoisotopic (exact) mass is 367 g/mol. The van der Waals surface area contributed by atoms with Crippen molar-refractivity contribution in [1.29, 1.82) is 0 Å². The molecule has 1 aromatic heterocycles. The fourth-order valence-electron chi connectivity index (χ4n) is 2.50. The molecule has 2 rings (SSSR count). The van der Waals surface area contributed by atoms with E-state index in [9.17, 15) is 4.79 Å². The highest BCUT2D eigenvalue weighted by atomic mass is 16.2. The maximum absolute atomic E-state index is 12.5. The molecule has 2 heterocycles. The van der Waals surface area contributed by atoms with Gasteiger partial charge in [0.25, 0.3) is 0 Å². The van der Waals surface area contributed by atoms with Gasteiger partial charge in [0.05, 0.1) is 12.6 Å². The molecular weight excluding hydrogens is 334 g/mol. The molecule has 0 bridgehead atoms. The summed E-state index contributed by atoms with van der Waals surface area (Å²) >= 11 is 0. The van der Waals surface area contributed by atoms with Crippen LogP contribution in [0.4, 0.5) is 0 Å². The Hall–Kier alpha value is -2.06. The molecule has 1 aliphatic rings. The van der Waals surface area contributed by atoms with Gasteiger partial charge in [-0.2, -0.15) is 0 Å². The minimum Gasteiger partial charge on any atom is -0.400 e. The summed E-state index contributed by atoms with van der Waals surface area (Å²) in [6.07, 6.45) is 8.64. The molecule has 2 unspecified atom stereocenters. The number of aliphatic hydroxyl groups excluding tert-OH is 2. The van der Waals surface area contributed by atoms with E-state index in [2.05, 4.69) is 22.0 Å². The zero-order valence-electron chi connectivity index (χ0n) is 16.4. The van der Waals surface area contributed by atoms with Crippen molar-refractivity contribution < 1.29 is 15.0 Å². The zero-order valence-corrected chi connectivity index (χ0v) is 16.4. The molecule has 2 atom stereocenters. The molecule has 8 nitrogen and oxygen atoms in total. The van der Waals surface area contributed by atoms with Crippen LogP contribution in [0.2, 0.25) is 0 Å². The lowest BCUT2D eigenvalue weighted by Crippen LogP contribution is -2.41. The number of carbonyl (C=O) groups is 1. The second-order valence-electron chi connectivity index (χ2n) is 5.80. The molecule has 1 aromatic rings. The second-order valence-corrected chi connectivity index (χ2v) is 5.80. The van der Waals surface area contributed by atoms with Gasteiger partial charge in [-0.3, -0.25) is 4.79 Å². The third kappa shape index (κ3) is 7.45. The smallest absolute Gasteiger partial charge is 0.226 e. The van der Waals surface area contributed by atoms with Gasteiger partial charge in [-0.15, -0.1) is 21.6 Å². The molecule has 148 valence electrons. The van der Waals surface area contributed by atoms with Gasteiger partial charge in [-0.1, -0.05) is 19.9 Å². The lowest BCUT2D eigenvalue weighted by atomic mass is 9.98. The van der Waals surface area contributed by atoms with Crippen LogP contribution in [0.3, 0.4) is 0 Å². The average molecular weight is 367 g/mol. The Labute approximate surface area is 156 Å². The SMILES string of the molecule is C=CC.CCC(C)C(=O)N1CCCCC1c1nnn(/C=C/CO)n1.CO. The molecule has 0 radical (unpaired) electrons. The van der Waals surface area contributed by atoms with Crippen LogP contribution < -0.4 is 0 Å². The molecule has 8 heteroatoms. The van der Waals surface area contributed by atoms with Gasteiger partial charge in [-0.05, 0) is 43.9 Å². The summed E-state index contributed by atoms with van der Waals surface area (Å²) in [5.41, 5.74) is 0. The first kappa shape index (κ1) is 23.9. The number of allylic oxidation sites excluding steroid dienone is 1. The number of rotatable bonds is 5. The number of aliphatic hydroxyl groups is 2. The highest BCUT2D eigenvalue weighted by Gasteiger charge is 2.32. The third-order valence-electron chi connectivity index (χ3n) is 3.91. The quantitative estimate of drug-likeness (QED) is 0.772. The number of piperidine rings is 1. The lowest BCUT2D eigenvalue weighted by Gasteiger charge is -2.35. The van der Waals surface area contributed by atoms with E-state index < -0.39 is 0 Å². The molecule has 0 aliphatic carbocycles. The molecule has 0 spiro atoms. The number of likely N-dealkylation sites (tertiary alicyclic amines) is 1. The van der Waals surface area contributed by atoms with E-state index >= 15 is 0 Å². The summed E-state index contributed by atoms with van der Waals surface area (Å²) in [5, 5.41) is 28.0. The van der Waals surface area contributed by atoms with Crippen molar-refractivity contribution in [1.82, 2.24) is 25.1 Å². The fraction of sp³-hybridized carbons (Fsp3) is 0.667. The van der Waals surface area contributed by atoms with Crippen LogP contribution in [0, 0.1) is 5.92 Å². The van der Waals surface area contributed by atoms with Gasteiger partial charge < -0.3 is 15.1 Å². The molecule has 0 aromatic carbocycles. The van der Waals surface area contributed by atoms with Crippen LogP contribution in [0.5, 0.6) is 0 Å². The molecule has 1 aliphatic heterocycles. The summed E-state index contributed by atoms with van der Waals surface area (Å²) in [4.78, 5) is 15.7. The van der Waals surface area contributed by atoms with Crippen molar-refractivity contribution in [3.05, 3.63) is 24.6 Å². The molecule has 26 heavy (non-hydrogen) atoms. The molecule has 0 saturated carbocycles. The summed E-state index contributed by atoms with van der Waals surface area (Å²) in [5.74, 6) is 0.772. The summed E-state index contributed by atoms with van der Waals surface area (Å²) in [6, 6.07) is -0.0865. The van der Waals surface area contributed by atoms with Crippen molar-refractivity contribution in [2.75, 3.05) is 20.3 Å². The Kier molecular flexibility index (Phi) is 13.0. The summed E-state index contributed by atoms with van der Waals surface area (Å²) in [6.45, 7) is 9.92. The van der Waals surface area contributed by atoms with Crippen LogP contribution >= 0.6 is 0 Å². The average Bonchev–Trinajstić information content (AvgIpc) is 3.16. The number of nitrogens with zero attached hydrogens (tertiary/aromatic N) is 5. The number of hydrogen-bond acceptors (Lipinski definition) is 6. The Balaban J connectivity index is 0.00000113. The van der Waals surface area contributed by atoms with E-state index in [1.807, 2.05) is 25.7 Å². The first-order valence-electron chi connectivity index (χ1n) is 8.98. The molecular formula is C18H33N5O3. The van der Waals surface area contributed by atoms with E-state index in [4.69, 9.17) is 10.2 Å². The topological polar surface area (TPSA) is 104 Å². The summed E-state index contributed by atoms with van der Waals surface area (Å²) < 4.78 is 0. The number of amides is 1. The van der Waals surface area contributed by atoms with Crippen LogP contribution in [-0.2, 0) is 4.79 Å². The highest BCUT2D eigenvalue weighted by Crippen LogP contribution is 2.30. The normalized spacial score (nSPS) is 17.6. The Bertz CT molecular complexity index is 545. The minimum absolute atomic E-state index is 0.0231. The van der Waals surface area contributed by atoms with Crippen LogP contribution in [0.15, 0.2) is 18.7 Å². The Morgan fingerprint density at radius 2 is 2.08 bits per heavy atom. The Morgan fingerprint density at radius 3 is 2.65 bits per heavy atom. The third-order valence-corrected chi connectivity index (χ3v) is 3.91. The van der Waals surface area contributed by atoms with E-state index in [0.717, 1.165) is 39.3 Å². The van der Waals surface area contributed by atoms with E-state index in [1.54, 1.807) is 12.3 Å². The number of hydrogen-bond donors (Lipinski definition) is 2. The van der Waals surface area contributed by atoms with Crippen LogP contribution in [0.25, 0.3) is 6.20 Å². The van der Waals surface area contributed by atoms with Crippen molar-refractivity contribution in [2.24, 2.45) is 5.92 Å². The van der Waals surface area contributed by atoms with Crippen LogP contribution in [-0.4, -0.2) is 61.5 Å². The largest absolute Gasteiger partial charge is 0.400 e. The second kappa shape index (κ2) is 14.1. The van der Waals surface area contributed by atoms with Crippen molar-refractivity contribution in [3.63, 3.8) is 0 Å². The maximum atomic E-state index is 12.5. The molecule has 1 saturated heterocycles. The van der Waals surface area contributed by atoms with Gasteiger partial charge in [0, 0.05) is 25.8 Å². The van der Waals surface area contributed by atoms with Crippen molar-refractivity contribution in [3.8, 4) is 0 Å². The van der Waals surface area contributed by atoms with E-state index in [1.165, 1.54) is 10.9 Å². The van der Waals surface area contributed by atoms with E-state index in [-0.39, 0.29) is 24.5 Å². The Morgan fingerprint density at radius 1 is 1.42 bits per heavy atom. The predicted molar refractivity (Wildman–Crippen MR) is 102 cm³/mol. The zero-order chi connectivity index (χ0) is 19.9. The van der Waals surface area contributed by atoms with Gasteiger partial charge in [0.2, 0.25) is 5.91 Å². The first-order valence-corrected chi connectivity index (χ1v) is 8.98. The van der Waals surface area contributed by atoms with Gasteiger partial charge in [0.1, 0.15) is 0 Å². The van der Waals surface area contributed by atoms with Crippen molar-refractivity contribution in [2.45, 2.75) is 52.5 Å². The summed E-state index contributed by atoms with van der Waals surface area (Å²) in [7, 11) is 1.00. The molecule has 1 fully saturated rings. The van der Waals surface area contributed by atoms with Gasteiger partial charge >= 0.3 is 0 Å². The standard InChI is InChI=1S/C14H23N5O2.C3H6.CH4O/c1-3-11(2)14(21)18-8-5-4-7-12(18)13-15-17-19(16-13)9-6-10-20;1-3-2;1-2/h6,9,11-12,20H,3-5,7-8,10H2,1-2H3;3H,1H2,2H3;2H,1H3/b9-6+;;. The van der Waals surface area contributed by atoms with Gasteiger partial charge in [-0.25, -0.2) is 0 Å². The van der Waals surface area contributed by atoms with Crippen LogP contribution in [0.1, 0.15) is 58.3 Å². The number of carbonyl (C=O) groups excluding carboxylic acids is 1. The van der Waals surface area contributed by atoms with E-state index in [0.29, 0.717) is 5.82 Å². The highest BCUT2D eigenvalue weighted by molar-refractivity contribution is 5.78. The van der Waals surface area contributed by atoms with Crippen molar-refractivity contribution >= 4 is 12.1 Å².